The van der Waals surface area contributed by atoms with Crippen molar-refractivity contribution in [3.05, 3.63) is 52.8 Å². The summed E-state index contributed by atoms with van der Waals surface area (Å²) in [5.41, 5.74) is 4.72. The van der Waals surface area contributed by atoms with Crippen LogP contribution in [0.3, 0.4) is 0 Å². The van der Waals surface area contributed by atoms with Gasteiger partial charge in [-0.15, -0.1) is 0 Å². The smallest absolute Gasteiger partial charge is 0.257 e. The van der Waals surface area contributed by atoms with Gasteiger partial charge in [0.15, 0.2) is 0 Å². The van der Waals surface area contributed by atoms with Gasteiger partial charge in [-0.3, -0.25) is 4.79 Å². The summed E-state index contributed by atoms with van der Waals surface area (Å²) in [6, 6.07) is 7.69. The fourth-order valence-electron chi connectivity index (χ4n) is 1.77. The first-order valence-electron chi connectivity index (χ1n) is 5.61. The van der Waals surface area contributed by atoms with Crippen molar-refractivity contribution >= 4 is 11.6 Å². The van der Waals surface area contributed by atoms with Crippen molar-refractivity contribution in [2.24, 2.45) is 0 Å². The molecule has 1 heterocycles. The molecule has 2 rings (SSSR count). The van der Waals surface area contributed by atoms with Gasteiger partial charge in [0.1, 0.15) is 0 Å². The molecule has 0 radical (unpaired) electrons. The van der Waals surface area contributed by atoms with Crippen molar-refractivity contribution in [1.29, 1.82) is 0 Å². The summed E-state index contributed by atoms with van der Waals surface area (Å²) in [5, 5.41) is 2.94. The number of amides is 1. The molecule has 0 fully saturated rings. The first kappa shape index (κ1) is 11.5. The molecule has 0 aliphatic heterocycles. The molecule has 1 aromatic heterocycles. The van der Waals surface area contributed by atoms with Crippen molar-refractivity contribution in [2.75, 3.05) is 5.32 Å². The Morgan fingerprint density at radius 3 is 2.59 bits per heavy atom. The summed E-state index contributed by atoms with van der Waals surface area (Å²) < 4.78 is 0. The lowest BCUT2D eigenvalue weighted by Crippen LogP contribution is -2.13. The molecule has 17 heavy (non-hydrogen) atoms. The van der Waals surface area contributed by atoms with Crippen LogP contribution in [-0.4, -0.2) is 10.9 Å². The average molecular weight is 228 g/mol. The highest BCUT2D eigenvalue weighted by molar-refractivity contribution is 6.05. The number of anilines is 1. The number of hydrogen-bond acceptors (Lipinski definition) is 1. The third kappa shape index (κ3) is 2.23. The Kier molecular flexibility index (Phi) is 3.00. The lowest BCUT2D eigenvalue weighted by molar-refractivity contribution is 0.102. The summed E-state index contributed by atoms with van der Waals surface area (Å²) in [6.45, 7) is 5.93. The van der Waals surface area contributed by atoms with E-state index in [1.807, 2.05) is 39.0 Å². The normalized spacial score (nSPS) is 10.3. The van der Waals surface area contributed by atoms with Gasteiger partial charge in [-0.25, -0.2) is 0 Å². The van der Waals surface area contributed by atoms with Crippen molar-refractivity contribution in [3.63, 3.8) is 0 Å². The molecule has 0 saturated carbocycles. The zero-order chi connectivity index (χ0) is 12.4. The minimum Gasteiger partial charge on any atom is -0.365 e. The number of carbonyl (C=O) groups is 1. The van der Waals surface area contributed by atoms with Gasteiger partial charge in [0, 0.05) is 17.6 Å². The van der Waals surface area contributed by atoms with Crippen LogP contribution in [0.5, 0.6) is 0 Å². The minimum atomic E-state index is -0.0718. The number of H-pyrrole nitrogens is 1. The highest BCUT2D eigenvalue weighted by atomic mass is 16.1. The van der Waals surface area contributed by atoms with E-state index in [1.54, 1.807) is 12.3 Å². The Morgan fingerprint density at radius 1 is 1.18 bits per heavy atom. The first-order valence-corrected chi connectivity index (χ1v) is 5.61. The number of aryl methyl sites for hydroxylation is 2. The molecule has 1 aromatic carbocycles. The number of carbonyl (C=O) groups excluding carboxylic acids is 1. The van der Waals surface area contributed by atoms with Crippen LogP contribution in [0.2, 0.25) is 0 Å². The number of nitrogens with one attached hydrogen (secondary N) is 2. The third-order valence-electron chi connectivity index (χ3n) is 3.05. The Balaban J connectivity index is 2.25. The van der Waals surface area contributed by atoms with Gasteiger partial charge in [-0.1, -0.05) is 12.1 Å². The van der Waals surface area contributed by atoms with E-state index in [9.17, 15) is 4.79 Å². The zero-order valence-electron chi connectivity index (χ0n) is 10.3. The van der Waals surface area contributed by atoms with Crippen molar-refractivity contribution in [3.8, 4) is 0 Å². The molecule has 2 aromatic rings. The number of benzene rings is 1. The Hall–Kier alpha value is -2.03. The van der Waals surface area contributed by atoms with E-state index in [2.05, 4.69) is 10.3 Å². The summed E-state index contributed by atoms with van der Waals surface area (Å²) in [5.74, 6) is -0.0718. The van der Waals surface area contributed by atoms with Gasteiger partial charge < -0.3 is 10.3 Å². The molecular weight excluding hydrogens is 212 g/mol. The maximum atomic E-state index is 12.0. The van der Waals surface area contributed by atoms with Crippen LogP contribution >= 0.6 is 0 Å². The molecule has 0 aliphatic rings. The van der Waals surface area contributed by atoms with E-state index in [0.717, 1.165) is 16.9 Å². The Morgan fingerprint density at radius 2 is 1.94 bits per heavy atom. The molecule has 0 unspecified atom stereocenters. The summed E-state index contributed by atoms with van der Waals surface area (Å²) >= 11 is 0. The van der Waals surface area contributed by atoms with Crippen LogP contribution < -0.4 is 5.32 Å². The van der Waals surface area contributed by atoms with Gasteiger partial charge in [0.25, 0.3) is 5.91 Å². The molecule has 3 nitrogen and oxygen atoms in total. The largest absolute Gasteiger partial charge is 0.365 e. The molecule has 0 spiro atoms. The second kappa shape index (κ2) is 4.45. The molecule has 1 amide bonds. The topological polar surface area (TPSA) is 44.9 Å². The van der Waals surface area contributed by atoms with E-state index >= 15 is 0 Å². The van der Waals surface area contributed by atoms with Gasteiger partial charge >= 0.3 is 0 Å². The molecule has 3 heteroatoms. The molecule has 0 bridgehead atoms. The van der Waals surface area contributed by atoms with Crippen LogP contribution in [0.15, 0.2) is 30.5 Å². The van der Waals surface area contributed by atoms with Crippen LogP contribution in [-0.2, 0) is 0 Å². The fourth-order valence-corrected chi connectivity index (χ4v) is 1.77. The van der Waals surface area contributed by atoms with Gasteiger partial charge in [0.2, 0.25) is 0 Å². The molecule has 0 saturated heterocycles. The lowest BCUT2D eigenvalue weighted by Gasteiger charge is -2.10. The quantitative estimate of drug-likeness (QED) is 0.814. The van der Waals surface area contributed by atoms with E-state index < -0.39 is 0 Å². The monoisotopic (exact) mass is 228 g/mol. The lowest BCUT2D eigenvalue weighted by atomic mass is 10.1. The van der Waals surface area contributed by atoms with E-state index in [0.29, 0.717) is 5.56 Å². The summed E-state index contributed by atoms with van der Waals surface area (Å²) in [4.78, 5) is 15.0. The average Bonchev–Trinajstić information content (AvgIpc) is 2.71. The predicted molar refractivity (Wildman–Crippen MR) is 69.4 cm³/mol. The Bertz CT molecular complexity index is 555. The highest BCUT2D eigenvalue weighted by Crippen LogP contribution is 2.19. The number of rotatable bonds is 2. The first-order chi connectivity index (χ1) is 8.09. The van der Waals surface area contributed by atoms with Crippen LogP contribution in [0.1, 0.15) is 27.2 Å². The van der Waals surface area contributed by atoms with Crippen molar-refractivity contribution in [1.82, 2.24) is 4.98 Å². The predicted octanol–water partition coefficient (Wildman–Crippen LogP) is 3.19. The maximum Gasteiger partial charge on any atom is 0.257 e. The second-order valence-corrected chi connectivity index (χ2v) is 4.22. The van der Waals surface area contributed by atoms with Gasteiger partial charge in [0.05, 0.1) is 5.56 Å². The molecule has 0 aliphatic carbocycles. The third-order valence-corrected chi connectivity index (χ3v) is 3.05. The number of hydrogen-bond donors (Lipinski definition) is 2. The van der Waals surface area contributed by atoms with Crippen LogP contribution in [0.25, 0.3) is 0 Å². The summed E-state index contributed by atoms with van der Waals surface area (Å²) in [7, 11) is 0. The molecule has 0 atom stereocenters. The van der Waals surface area contributed by atoms with E-state index in [-0.39, 0.29) is 5.91 Å². The second-order valence-electron chi connectivity index (χ2n) is 4.22. The van der Waals surface area contributed by atoms with E-state index in [4.69, 9.17) is 0 Å². The zero-order valence-corrected chi connectivity index (χ0v) is 10.3. The summed E-state index contributed by atoms with van der Waals surface area (Å²) in [6.07, 6.45) is 1.77. The number of aromatic nitrogens is 1. The standard InChI is InChI=1S/C14H16N2O/c1-9-5-4-6-13(10(9)2)16-14(17)12-7-8-15-11(12)3/h4-8,15H,1-3H3,(H,16,17). The van der Waals surface area contributed by atoms with E-state index in [1.165, 1.54) is 5.56 Å². The van der Waals surface area contributed by atoms with Gasteiger partial charge in [-0.05, 0) is 44.0 Å². The van der Waals surface area contributed by atoms with Crippen molar-refractivity contribution in [2.45, 2.75) is 20.8 Å². The van der Waals surface area contributed by atoms with Crippen LogP contribution in [0.4, 0.5) is 5.69 Å². The minimum absolute atomic E-state index is 0.0718. The number of aromatic amines is 1. The Labute approximate surface area is 101 Å². The molecule has 88 valence electrons. The van der Waals surface area contributed by atoms with Crippen LogP contribution in [0, 0.1) is 20.8 Å². The fraction of sp³-hybridized carbons (Fsp3) is 0.214. The molecular formula is C14H16N2O. The maximum absolute atomic E-state index is 12.0. The SMILES string of the molecule is Cc1cccc(NC(=O)c2cc[nH]c2C)c1C. The van der Waals surface area contributed by atoms with Gasteiger partial charge in [-0.2, -0.15) is 0 Å². The van der Waals surface area contributed by atoms with Crippen molar-refractivity contribution < 1.29 is 4.79 Å². The highest BCUT2D eigenvalue weighted by Gasteiger charge is 2.11. The molecule has 2 N–H and O–H groups in total.